The maximum absolute atomic E-state index is 12.7. The van der Waals surface area contributed by atoms with Crippen LogP contribution in [0.5, 0.6) is 0 Å². The molecule has 3 unspecified atom stereocenters. The summed E-state index contributed by atoms with van der Waals surface area (Å²) < 4.78 is 5.56. The largest absolute Gasteiger partial charge is 0.372 e. The van der Waals surface area contributed by atoms with Crippen LogP contribution in [0.25, 0.3) is 0 Å². The second kappa shape index (κ2) is 12.3. The Kier molecular flexibility index (Phi) is 11.8. The quantitative estimate of drug-likeness (QED) is 0.670. The van der Waals surface area contributed by atoms with Gasteiger partial charge in [0.15, 0.2) is 0 Å². The van der Waals surface area contributed by atoms with E-state index >= 15 is 0 Å². The maximum atomic E-state index is 12.7. The third-order valence-corrected chi connectivity index (χ3v) is 5.28. The van der Waals surface area contributed by atoms with Crippen LogP contribution in [0.3, 0.4) is 0 Å². The van der Waals surface area contributed by atoms with Crippen molar-refractivity contribution in [3.8, 4) is 0 Å². The first kappa shape index (κ1) is 25.8. The molecule has 1 amide bonds. The van der Waals surface area contributed by atoms with Gasteiger partial charge in [0, 0.05) is 25.1 Å². The van der Waals surface area contributed by atoms with Gasteiger partial charge in [-0.3, -0.25) is 4.79 Å². The number of halogens is 2. The van der Waals surface area contributed by atoms with Crippen molar-refractivity contribution in [1.29, 1.82) is 0 Å². The Morgan fingerprint density at radius 1 is 1.26 bits per heavy atom. The Morgan fingerprint density at radius 2 is 1.89 bits per heavy atom. The minimum atomic E-state index is -0.319. The SMILES string of the molecule is CCOC(C)c1nc(CN(C)C(=O)C(C)C(N)c2ccccc2)cs1.Cl.Cl. The number of rotatable bonds is 8. The molecule has 2 rings (SSSR count). The van der Waals surface area contributed by atoms with Gasteiger partial charge >= 0.3 is 0 Å². The summed E-state index contributed by atoms with van der Waals surface area (Å²) in [6, 6.07) is 9.41. The Labute approximate surface area is 178 Å². The highest BCUT2D eigenvalue weighted by Crippen LogP contribution is 2.24. The van der Waals surface area contributed by atoms with E-state index in [4.69, 9.17) is 10.5 Å². The van der Waals surface area contributed by atoms with Crippen molar-refractivity contribution in [3.63, 3.8) is 0 Å². The van der Waals surface area contributed by atoms with Crippen LogP contribution in [0, 0.1) is 5.92 Å². The number of carbonyl (C=O) groups excluding carboxylic acids is 1. The van der Waals surface area contributed by atoms with Gasteiger partial charge in [-0.05, 0) is 19.4 Å². The first-order valence-corrected chi connectivity index (χ1v) is 9.43. The summed E-state index contributed by atoms with van der Waals surface area (Å²) in [5.74, 6) is -0.281. The van der Waals surface area contributed by atoms with E-state index in [0.717, 1.165) is 16.3 Å². The predicted octanol–water partition coefficient (Wildman–Crippen LogP) is 4.38. The number of hydrogen-bond donors (Lipinski definition) is 1. The van der Waals surface area contributed by atoms with Crippen LogP contribution in [0.4, 0.5) is 0 Å². The third-order valence-electron chi connectivity index (χ3n) is 4.22. The Bertz CT molecular complexity index is 685. The molecule has 0 fully saturated rings. The van der Waals surface area contributed by atoms with Crippen LogP contribution in [0.15, 0.2) is 35.7 Å². The average Bonchev–Trinajstić information content (AvgIpc) is 3.09. The Morgan fingerprint density at radius 3 is 2.48 bits per heavy atom. The highest BCUT2D eigenvalue weighted by Gasteiger charge is 2.25. The number of nitrogens with zero attached hydrogens (tertiary/aromatic N) is 2. The van der Waals surface area contributed by atoms with Crippen LogP contribution in [0.2, 0.25) is 0 Å². The zero-order chi connectivity index (χ0) is 18.4. The lowest BCUT2D eigenvalue weighted by Gasteiger charge is -2.25. The minimum Gasteiger partial charge on any atom is -0.372 e. The molecule has 1 heterocycles. The van der Waals surface area contributed by atoms with E-state index in [1.165, 1.54) is 0 Å². The van der Waals surface area contributed by atoms with Gasteiger partial charge in [-0.25, -0.2) is 4.98 Å². The highest BCUT2D eigenvalue weighted by molar-refractivity contribution is 7.09. The lowest BCUT2D eigenvalue weighted by molar-refractivity contribution is -0.134. The van der Waals surface area contributed by atoms with Gasteiger partial charge in [0.05, 0.1) is 18.2 Å². The lowest BCUT2D eigenvalue weighted by atomic mass is 9.94. The van der Waals surface area contributed by atoms with Gasteiger partial charge in [0.1, 0.15) is 11.1 Å². The van der Waals surface area contributed by atoms with E-state index in [9.17, 15) is 4.79 Å². The number of ether oxygens (including phenoxy) is 1. The van der Waals surface area contributed by atoms with Crippen molar-refractivity contribution in [3.05, 3.63) is 52.0 Å². The molecule has 0 saturated carbocycles. The smallest absolute Gasteiger partial charge is 0.227 e. The second-order valence-electron chi connectivity index (χ2n) is 6.19. The molecule has 2 aromatic rings. The number of aromatic nitrogens is 1. The van der Waals surface area contributed by atoms with Crippen molar-refractivity contribution in [1.82, 2.24) is 9.88 Å². The Hall–Kier alpha value is -1.18. The van der Waals surface area contributed by atoms with Crippen molar-refractivity contribution in [2.24, 2.45) is 11.7 Å². The number of hydrogen-bond acceptors (Lipinski definition) is 5. The molecule has 8 heteroatoms. The van der Waals surface area contributed by atoms with E-state index in [-0.39, 0.29) is 48.8 Å². The summed E-state index contributed by atoms with van der Waals surface area (Å²) in [6.45, 7) is 6.96. The van der Waals surface area contributed by atoms with Gasteiger partial charge in [0.2, 0.25) is 5.91 Å². The van der Waals surface area contributed by atoms with Crippen molar-refractivity contribution < 1.29 is 9.53 Å². The number of nitrogens with two attached hydrogens (primary N) is 1. The molecule has 2 N–H and O–H groups in total. The fourth-order valence-electron chi connectivity index (χ4n) is 2.69. The van der Waals surface area contributed by atoms with Crippen molar-refractivity contribution >= 4 is 42.1 Å². The zero-order valence-electron chi connectivity index (χ0n) is 16.1. The summed E-state index contributed by atoms with van der Waals surface area (Å²) in [5, 5.41) is 2.92. The molecule has 3 atom stereocenters. The fourth-order valence-corrected chi connectivity index (χ4v) is 3.50. The van der Waals surface area contributed by atoms with E-state index in [1.54, 1.807) is 23.3 Å². The molecule has 0 aliphatic rings. The number of carbonyl (C=O) groups is 1. The first-order chi connectivity index (χ1) is 11.9. The fraction of sp³-hybridized carbons (Fsp3) is 0.474. The molecule has 0 saturated heterocycles. The normalized spacial score (nSPS) is 13.7. The van der Waals surface area contributed by atoms with Crippen molar-refractivity contribution in [2.45, 2.75) is 39.5 Å². The number of amides is 1. The molecule has 0 spiro atoms. The maximum Gasteiger partial charge on any atom is 0.227 e. The molecule has 152 valence electrons. The molecule has 0 bridgehead atoms. The molecule has 0 aliphatic heterocycles. The molecule has 27 heavy (non-hydrogen) atoms. The molecule has 1 aromatic carbocycles. The van der Waals surface area contributed by atoms with Gasteiger partial charge in [-0.1, -0.05) is 37.3 Å². The first-order valence-electron chi connectivity index (χ1n) is 8.55. The topological polar surface area (TPSA) is 68.5 Å². The third kappa shape index (κ3) is 7.05. The summed E-state index contributed by atoms with van der Waals surface area (Å²) in [6.07, 6.45) is -0.0183. The van der Waals surface area contributed by atoms with E-state index < -0.39 is 0 Å². The average molecular weight is 434 g/mol. The van der Waals surface area contributed by atoms with E-state index in [0.29, 0.717) is 13.2 Å². The van der Waals surface area contributed by atoms with Crippen LogP contribution in [0.1, 0.15) is 49.2 Å². The van der Waals surface area contributed by atoms with E-state index in [2.05, 4.69) is 4.98 Å². The van der Waals surface area contributed by atoms with Crippen LogP contribution >= 0.6 is 36.2 Å². The van der Waals surface area contributed by atoms with Crippen LogP contribution in [-0.4, -0.2) is 29.4 Å². The summed E-state index contributed by atoms with van der Waals surface area (Å²) in [4.78, 5) is 19.0. The highest BCUT2D eigenvalue weighted by atomic mass is 35.5. The predicted molar refractivity (Wildman–Crippen MR) is 116 cm³/mol. The minimum absolute atomic E-state index is 0. The molecule has 1 aromatic heterocycles. The summed E-state index contributed by atoms with van der Waals surface area (Å²) in [5.41, 5.74) is 8.12. The van der Waals surface area contributed by atoms with Gasteiger partial charge in [-0.2, -0.15) is 0 Å². The standard InChI is InChI=1S/C19H27N3O2S.2ClH/c1-5-24-14(3)18-21-16(12-25-18)11-22(4)19(23)13(2)17(20)15-9-7-6-8-10-15;;/h6-10,12-14,17H,5,11,20H2,1-4H3;2*1H. The molecular weight excluding hydrogens is 405 g/mol. The van der Waals surface area contributed by atoms with Gasteiger partial charge in [0.25, 0.3) is 0 Å². The second-order valence-corrected chi connectivity index (χ2v) is 7.08. The Balaban J connectivity index is 0.00000338. The molecule has 5 nitrogen and oxygen atoms in total. The summed E-state index contributed by atoms with van der Waals surface area (Å²) in [7, 11) is 1.79. The van der Waals surface area contributed by atoms with Crippen molar-refractivity contribution in [2.75, 3.05) is 13.7 Å². The lowest BCUT2D eigenvalue weighted by Crippen LogP contribution is -2.36. The molecule has 0 radical (unpaired) electrons. The monoisotopic (exact) mass is 433 g/mol. The zero-order valence-corrected chi connectivity index (χ0v) is 18.6. The van der Waals surface area contributed by atoms with Gasteiger partial charge < -0.3 is 15.4 Å². The van der Waals surface area contributed by atoms with Crippen LogP contribution in [-0.2, 0) is 16.1 Å². The molecule has 0 aliphatic carbocycles. The van der Waals surface area contributed by atoms with Crippen LogP contribution < -0.4 is 5.73 Å². The molecular formula is C19H29Cl2N3O2S. The number of benzene rings is 1. The number of thiazole rings is 1. The van der Waals surface area contributed by atoms with E-state index in [1.807, 2.05) is 56.5 Å². The summed E-state index contributed by atoms with van der Waals surface area (Å²) >= 11 is 1.56. The van der Waals surface area contributed by atoms with Gasteiger partial charge in [-0.15, -0.1) is 36.2 Å².